The number of aromatic nitrogens is 1. The zero-order chi connectivity index (χ0) is 13.0. The summed E-state index contributed by atoms with van der Waals surface area (Å²) in [5, 5.41) is 1.07. The van der Waals surface area contributed by atoms with Crippen molar-refractivity contribution < 1.29 is 9.18 Å². The highest BCUT2D eigenvalue weighted by Gasteiger charge is 2.15. The molecule has 0 radical (unpaired) electrons. The molecule has 1 rings (SSSR count). The van der Waals surface area contributed by atoms with E-state index in [0.29, 0.717) is 6.54 Å². The fourth-order valence-electron chi connectivity index (χ4n) is 1.45. The van der Waals surface area contributed by atoms with Crippen LogP contribution in [-0.4, -0.2) is 22.8 Å². The predicted molar refractivity (Wildman–Crippen MR) is 67.6 cm³/mol. The van der Waals surface area contributed by atoms with E-state index in [1.54, 1.807) is 18.4 Å². The molecule has 0 N–H and O–H groups in total. The van der Waals surface area contributed by atoms with E-state index >= 15 is 0 Å². The normalized spacial score (nSPS) is 10.4. The van der Waals surface area contributed by atoms with E-state index in [1.807, 2.05) is 6.92 Å². The number of amides is 1. The number of aryl methyl sites for hydroxylation is 2. The quantitative estimate of drug-likeness (QED) is 0.759. The number of thiazole rings is 1. The van der Waals surface area contributed by atoms with Gasteiger partial charge in [-0.15, -0.1) is 11.3 Å². The second-order valence-electron chi connectivity index (χ2n) is 3.93. The molecule has 17 heavy (non-hydrogen) atoms. The second kappa shape index (κ2) is 5.91. The van der Waals surface area contributed by atoms with Gasteiger partial charge in [0.05, 0.1) is 17.2 Å². The molecule has 94 valence electrons. The van der Waals surface area contributed by atoms with Crippen molar-refractivity contribution in [2.45, 2.75) is 33.2 Å². The van der Waals surface area contributed by atoms with Crippen molar-refractivity contribution in [2.75, 3.05) is 7.05 Å². The van der Waals surface area contributed by atoms with Crippen LogP contribution in [0, 0.1) is 6.92 Å². The molecule has 1 amide bonds. The van der Waals surface area contributed by atoms with Crippen LogP contribution in [0.5, 0.6) is 0 Å². The highest BCUT2D eigenvalue weighted by atomic mass is 32.1. The summed E-state index contributed by atoms with van der Waals surface area (Å²) in [5.74, 6) is -1.60. The molecule has 0 spiro atoms. The summed E-state index contributed by atoms with van der Waals surface area (Å²) in [6.45, 7) is 7.40. The summed E-state index contributed by atoms with van der Waals surface area (Å²) in [4.78, 5) is 18.1. The first-order valence-electron chi connectivity index (χ1n) is 5.50. The summed E-state index contributed by atoms with van der Waals surface area (Å²) < 4.78 is 12.7. The molecule has 0 saturated carbocycles. The zero-order valence-electron chi connectivity index (χ0n) is 10.4. The largest absolute Gasteiger partial charge is 0.335 e. The molecule has 0 atom stereocenters. The van der Waals surface area contributed by atoms with Crippen LogP contribution in [0.3, 0.4) is 0 Å². The number of hydrogen-bond donors (Lipinski definition) is 0. The van der Waals surface area contributed by atoms with Gasteiger partial charge in [0, 0.05) is 11.9 Å². The third-order valence-corrected chi connectivity index (χ3v) is 3.56. The Morgan fingerprint density at radius 1 is 1.59 bits per heavy atom. The van der Waals surface area contributed by atoms with Crippen LogP contribution in [0.2, 0.25) is 0 Å². The molecule has 0 fully saturated rings. The lowest BCUT2D eigenvalue weighted by molar-refractivity contribution is -0.127. The minimum Gasteiger partial charge on any atom is -0.335 e. The maximum absolute atomic E-state index is 12.7. The number of carbonyl (C=O) groups is 1. The molecular formula is C12H17FN2OS. The fourth-order valence-corrected chi connectivity index (χ4v) is 2.67. The fraction of sp³-hybridized carbons (Fsp3) is 0.500. The van der Waals surface area contributed by atoms with Gasteiger partial charge in [-0.1, -0.05) is 13.5 Å². The van der Waals surface area contributed by atoms with E-state index in [1.165, 1.54) is 4.90 Å². The average Bonchev–Trinajstić information content (AvgIpc) is 2.58. The number of halogens is 1. The molecule has 1 aromatic heterocycles. The maximum Gasteiger partial charge on any atom is 0.282 e. The second-order valence-corrected chi connectivity index (χ2v) is 5.10. The molecule has 3 nitrogen and oxygen atoms in total. The SMILES string of the molecule is C=C(F)C(=O)N(C)Cc1sc(CCC)nc1C. The van der Waals surface area contributed by atoms with E-state index < -0.39 is 11.7 Å². The molecule has 0 unspecified atom stereocenters. The lowest BCUT2D eigenvalue weighted by Gasteiger charge is -2.14. The van der Waals surface area contributed by atoms with Gasteiger partial charge in [0.15, 0.2) is 5.83 Å². The standard InChI is InChI=1S/C12H17FN2OS/c1-5-6-11-14-9(3)10(17-11)7-15(4)12(16)8(2)13/h2,5-7H2,1,3-4H3. The predicted octanol–water partition coefficient (Wildman–Crippen LogP) is 2.85. The van der Waals surface area contributed by atoms with Crippen LogP contribution in [0.15, 0.2) is 12.4 Å². The van der Waals surface area contributed by atoms with Gasteiger partial charge in [-0.2, -0.15) is 0 Å². The van der Waals surface area contributed by atoms with Gasteiger partial charge in [-0.3, -0.25) is 4.79 Å². The molecule has 0 aliphatic carbocycles. The summed E-state index contributed by atoms with van der Waals surface area (Å²) in [6, 6.07) is 0. The number of likely N-dealkylation sites (N-methyl/N-ethyl adjacent to an activating group) is 1. The monoisotopic (exact) mass is 256 g/mol. The first-order chi connectivity index (χ1) is 7.95. The molecule has 0 aliphatic rings. The van der Waals surface area contributed by atoms with Crippen molar-refractivity contribution in [3.63, 3.8) is 0 Å². The summed E-state index contributed by atoms with van der Waals surface area (Å²) in [7, 11) is 1.56. The van der Waals surface area contributed by atoms with Crippen molar-refractivity contribution >= 4 is 17.2 Å². The Labute approximate surface area is 105 Å². The van der Waals surface area contributed by atoms with E-state index in [4.69, 9.17) is 0 Å². The third-order valence-electron chi connectivity index (χ3n) is 2.36. The first-order valence-corrected chi connectivity index (χ1v) is 6.32. The van der Waals surface area contributed by atoms with Crippen LogP contribution < -0.4 is 0 Å². The van der Waals surface area contributed by atoms with E-state index in [0.717, 1.165) is 28.4 Å². The Kier molecular flexibility index (Phi) is 4.81. The van der Waals surface area contributed by atoms with Gasteiger partial charge in [0.1, 0.15) is 0 Å². The van der Waals surface area contributed by atoms with Gasteiger partial charge in [0.25, 0.3) is 5.91 Å². The zero-order valence-corrected chi connectivity index (χ0v) is 11.2. The van der Waals surface area contributed by atoms with Gasteiger partial charge < -0.3 is 4.90 Å². The van der Waals surface area contributed by atoms with Crippen molar-refractivity contribution in [2.24, 2.45) is 0 Å². The molecular weight excluding hydrogens is 239 g/mol. The van der Waals surface area contributed by atoms with Crippen LogP contribution in [0.1, 0.15) is 28.9 Å². The molecule has 0 aromatic carbocycles. The van der Waals surface area contributed by atoms with Crippen molar-refractivity contribution in [3.8, 4) is 0 Å². The molecule has 0 saturated heterocycles. The molecule has 0 bridgehead atoms. The molecule has 1 heterocycles. The highest BCUT2D eigenvalue weighted by molar-refractivity contribution is 7.11. The third kappa shape index (κ3) is 3.63. The Bertz CT molecular complexity index is 428. The van der Waals surface area contributed by atoms with Gasteiger partial charge in [0.2, 0.25) is 0 Å². The Balaban J connectivity index is 2.74. The lowest BCUT2D eigenvalue weighted by Crippen LogP contribution is -2.26. The maximum atomic E-state index is 12.7. The van der Waals surface area contributed by atoms with Crippen LogP contribution >= 0.6 is 11.3 Å². The smallest absolute Gasteiger partial charge is 0.282 e. The summed E-state index contributed by atoms with van der Waals surface area (Å²) >= 11 is 1.58. The van der Waals surface area contributed by atoms with Crippen LogP contribution in [-0.2, 0) is 17.8 Å². The van der Waals surface area contributed by atoms with Crippen LogP contribution in [0.25, 0.3) is 0 Å². The summed E-state index contributed by atoms with van der Waals surface area (Å²) in [5.41, 5.74) is 0.919. The minimum absolute atomic E-state index is 0.384. The Hall–Kier alpha value is -1.23. The summed E-state index contributed by atoms with van der Waals surface area (Å²) in [6.07, 6.45) is 1.99. The Morgan fingerprint density at radius 3 is 2.76 bits per heavy atom. The lowest BCUT2D eigenvalue weighted by atomic mass is 10.3. The highest BCUT2D eigenvalue weighted by Crippen LogP contribution is 2.21. The van der Waals surface area contributed by atoms with Crippen molar-refractivity contribution in [1.29, 1.82) is 0 Å². The van der Waals surface area contributed by atoms with Gasteiger partial charge in [-0.05, 0) is 19.8 Å². The van der Waals surface area contributed by atoms with E-state index in [2.05, 4.69) is 18.5 Å². The first kappa shape index (κ1) is 13.8. The van der Waals surface area contributed by atoms with Crippen LogP contribution in [0.4, 0.5) is 4.39 Å². The topological polar surface area (TPSA) is 33.2 Å². The Morgan fingerprint density at radius 2 is 2.24 bits per heavy atom. The number of rotatable bonds is 5. The average molecular weight is 256 g/mol. The van der Waals surface area contributed by atoms with Crippen molar-refractivity contribution in [3.05, 3.63) is 28.0 Å². The number of hydrogen-bond acceptors (Lipinski definition) is 3. The number of carbonyl (C=O) groups excluding carboxylic acids is 1. The van der Waals surface area contributed by atoms with Gasteiger partial charge >= 0.3 is 0 Å². The molecule has 5 heteroatoms. The number of nitrogens with zero attached hydrogens (tertiary/aromatic N) is 2. The van der Waals surface area contributed by atoms with Crippen molar-refractivity contribution in [1.82, 2.24) is 9.88 Å². The van der Waals surface area contributed by atoms with E-state index in [-0.39, 0.29) is 0 Å². The van der Waals surface area contributed by atoms with E-state index in [9.17, 15) is 9.18 Å². The van der Waals surface area contributed by atoms with Gasteiger partial charge in [-0.25, -0.2) is 9.37 Å². The molecule has 0 aliphatic heterocycles. The molecule has 1 aromatic rings. The minimum atomic E-state index is -0.927.